The van der Waals surface area contributed by atoms with Crippen molar-refractivity contribution in [2.24, 2.45) is 5.73 Å². The van der Waals surface area contributed by atoms with E-state index >= 15 is 0 Å². The number of amides is 1. The second-order valence-electron chi connectivity index (χ2n) is 2.70. The van der Waals surface area contributed by atoms with Crippen molar-refractivity contribution in [2.45, 2.75) is 11.8 Å². The summed E-state index contributed by atoms with van der Waals surface area (Å²) < 4.78 is 0. The Morgan fingerprint density at radius 2 is 2.43 bits per heavy atom. The number of carbonyl (C=O) groups excluding carboxylic acids is 1. The van der Waals surface area contributed by atoms with E-state index in [-0.39, 0.29) is 11.7 Å². The average Bonchev–Trinajstić information content (AvgIpc) is 2.14. The van der Waals surface area contributed by atoms with Gasteiger partial charge in [-0.2, -0.15) is 5.26 Å². The summed E-state index contributed by atoms with van der Waals surface area (Å²) in [6.45, 7) is 1.80. The summed E-state index contributed by atoms with van der Waals surface area (Å²) in [5, 5.41) is 8.65. The molecule has 0 spiro atoms. The van der Waals surface area contributed by atoms with Crippen LogP contribution in [-0.4, -0.2) is 16.6 Å². The molecule has 0 saturated heterocycles. The van der Waals surface area contributed by atoms with Crippen molar-refractivity contribution >= 4 is 17.7 Å². The number of nitrogens with two attached hydrogens (primary N) is 1. The maximum atomic E-state index is 10.5. The van der Waals surface area contributed by atoms with Gasteiger partial charge in [0.1, 0.15) is 11.8 Å². The first-order valence-electron chi connectivity index (χ1n) is 3.91. The van der Waals surface area contributed by atoms with Crippen molar-refractivity contribution in [3.05, 3.63) is 23.5 Å². The number of aryl methyl sites for hydroxylation is 1. The zero-order valence-electron chi connectivity index (χ0n) is 7.65. The van der Waals surface area contributed by atoms with Gasteiger partial charge in [-0.1, -0.05) is 0 Å². The van der Waals surface area contributed by atoms with Crippen LogP contribution in [0.4, 0.5) is 0 Å². The van der Waals surface area contributed by atoms with E-state index in [9.17, 15) is 4.79 Å². The van der Waals surface area contributed by atoms with Crippen molar-refractivity contribution in [1.82, 2.24) is 4.98 Å². The van der Waals surface area contributed by atoms with Crippen LogP contribution in [0.15, 0.2) is 17.0 Å². The fraction of sp³-hybridized carbons (Fsp3) is 0.222. The fourth-order valence-corrected chi connectivity index (χ4v) is 1.69. The van der Waals surface area contributed by atoms with Crippen LogP contribution < -0.4 is 5.73 Å². The lowest BCUT2D eigenvalue weighted by atomic mass is 10.3. The molecule has 0 bridgehead atoms. The van der Waals surface area contributed by atoms with Gasteiger partial charge < -0.3 is 5.73 Å². The molecule has 5 heteroatoms. The minimum absolute atomic E-state index is 0.217. The third-order valence-corrected chi connectivity index (χ3v) is 2.42. The van der Waals surface area contributed by atoms with Gasteiger partial charge in [-0.05, 0) is 19.1 Å². The summed E-state index contributed by atoms with van der Waals surface area (Å²) in [4.78, 5) is 15.4. The molecule has 72 valence electrons. The number of pyridine rings is 1. The second-order valence-corrected chi connectivity index (χ2v) is 3.75. The number of aromatic nitrogens is 1. The molecule has 0 fully saturated rings. The van der Waals surface area contributed by atoms with Crippen molar-refractivity contribution in [3.63, 3.8) is 0 Å². The van der Waals surface area contributed by atoms with Crippen LogP contribution in [0.5, 0.6) is 0 Å². The van der Waals surface area contributed by atoms with Crippen molar-refractivity contribution < 1.29 is 4.79 Å². The molecule has 1 aromatic rings. The predicted octanol–water partition coefficient (Wildman–Crippen LogP) is 0.839. The number of hydrogen-bond acceptors (Lipinski definition) is 4. The van der Waals surface area contributed by atoms with Gasteiger partial charge in [-0.15, -0.1) is 11.8 Å². The third kappa shape index (κ3) is 3.07. The first-order valence-corrected chi connectivity index (χ1v) is 4.90. The number of thioether (sulfide) groups is 1. The molecule has 0 aliphatic rings. The predicted molar refractivity (Wildman–Crippen MR) is 53.6 cm³/mol. The lowest BCUT2D eigenvalue weighted by Gasteiger charge is -2.00. The van der Waals surface area contributed by atoms with Gasteiger partial charge in [0, 0.05) is 10.6 Å². The van der Waals surface area contributed by atoms with Crippen LogP contribution in [0, 0.1) is 18.3 Å². The Kier molecular flexibility index (Phi) is 3.48. The summed E-state index contributed by atoms with van der Waals surface area (Å²) in [5.74, 6) is -0.156. The van der Waals surface area contributed by atoms with Crippen LogP contribution in [0.1, 0.15) is 11.4 Å². The number of hydrogen-bond donors (Lipinski definition) is 1. The Balaban J connectivity index is 2.82. The number of carbonyl (C=O) groups is 1. The molecule has 1 rings (SSSR count). The number of rotatable bonds is 3. The van der Waals surface area contributed by atoms with E-state index in [1.54, 1.807) is 13.0 Å². The van der Waals surface area contributed by atoms with Gasteiger partial charge >= 0.3 is 0 Å². The molecule has 0 unspecified atom stereocenters. The van der Waals surface area contributed by atoms with Gasteiger partial charge in [0.25, 0.3) is 0 Å². The molecular formula is C9H9N3OS. The van der Waals surface area contributed by atoms with Crippen LogP contribution >= 0.6 is 11.8 Å². The van der Waals surface area contributed by atoms with Crippen LogP contribution in [0.2, 0.25) is 0 Å². The van der Waals surface area contributed by atoms with Gasteiger partial charge in [0.15, 0.2) is 0 Å². The highest BCUT2D eigenvalue weighted by Crippen LogP contribution is 2.18. The van der Waals surface area contributed by atoms with Crippen molar-refractivity contribution in [3.8, 4) is 6.07 Å². The first-order chi connectivity index (χ1) is 6.61. The molecule has 0 radical (unpaired) electrons. The fourth-order valence-electron chi connectivity index (χ4n) is 0.932. The molecule has 4 nitrogen and oxygen atoms in total. The van der Waals surface area contributed by atoms with Gasteiger partial charge in [-0.25, -0.2) is 4.98 Å². The molecule has 0 atom stereocenters. The lowest BCUT2D eigenvalue weighted by Crippen LogP contribution is -2.12. The third-order valence-electron chi connectivity index (χ3n) is 1.42. The Labute approximate surface area is 86.1 Å². The van der Waals surface area contributed by atoms with E-state index < -0.39 is 0 Å². The highest BCUT2D eigenvalue weighted by atomic mass is 32.2. The maximum Gasteiger partial charge on any atom is 0.227 e. The van der Waals surface area contributed by atoms with Gasteiger partial charge in [0.05, 0.1) is 5.75 Å². The summed E-state index contributed by atoms with van der Waals surface area (Å²) >= 11 is 1.31. The summed E-state index contributed by atoms with van der Waals surface area (Å²) in [5.41, 5.74) is 6.13. The molecule has 0 aliphatic carbocycles. The van der Waals surface area contributed by atoms with Crippen LogP contribution in [0.25, 0.3) is 0 Å². The minimum Gasteiger partial charge on any atom is -0.369 e. The highest BCUT2D eigenvalue weighted by Gasteiger charge is 2.01. The molecule has 2 N–H and O–H groups in total. The lowest BCUT2D eigenvalue weighted by molar-refractivity contribution is -0.115. The van der Waals surface area contributed by atoms with Gasteiger partial charge in [-0.3, -0.25) is 4.79 Å². The van der Waals surface area contributed by atoms with Gasteiger partial charge in [0.2, 0.25) is 5.91 Å². The minimum atomic E-state index is -0.372. The van der Waals surface area contributed by atoms with E-state index in [4.69, 9.17) is 11.0 Å². The Hall–Kier alpha value is -1.54. The van der Waals surface area contributed by atoms with E-state index in [0.29, 0.717) is 5.69 Å². The van der Waals surface area contributed by atoms with E-state index in [0.717, 1.165) is 10.6 Å². The Bertz CT molecular complexity index is 398. The normalized spacial score (nSPS) is 9.43. The van der Waals surface area contributed by atoms with E-state index in [2.05, 4.69) is 4.98 Å². The van der Waals surface area contributed by atoms with Crippen LogP contribution in [0.3, 0.4) is 0 Å². The first kappa shape index (κ1) is 10.5. The van der Waals surface area contributed by atoms with Crippen LogP contribution in [-0.2, 0) is 4.79 Å². The summed E-state index contributed by atoms with van der Waals surface area (Å²) in [6.07, 6.45) is 0. The summed E-state index contributed by atoms with van der Waals surface area (Å²) in [7, 11) is 0. The zero-order chi connectivity index (χ0) is 10.6. The molecule has 0 aromatic carbocycles. The van der Waals surface area contributed by atoms with E-state index in [1.807, 2.05) is 12.1 Å². The highest BCUT2D eigenvalue weighted by molar-refractivity contribution is 8.00. The zero-order valence-corrected chi connectivity index (χ0v) is 8.47. The molecular weight excluding hydrogens is 198 g/mol. The quantitative estimate of drug-likeness (QED) is 0.745. The SMILES string of the molecule is Cc1cc(SCC(N)=O)cc(C#N)n1. The maximum absolute atomic E-state index is 10.5. The topological polar surface area (TPSA) is 79.8 Å². The molecule has 1 amide bonds. The number of nitriles is 1. The summed E-state index contributed by atoms with van der Waals surface area (Å²) in [6, 6.07) is 5.41. The smallest absolute Gasteiger partial charge is 0.227 e. The van der Waals surface area contributed by atoms with E-state index in [1.165, 1.54) is 11.8 Å². The Morgan fingerprint density at radius 1 is 1.71 bits per heavy atom. The van der Waals surface area contributed by atoms with Crippen molar-refractivity contribution in [1.29, 1.82) is 5.26 Å². The monoisotopic (exact) mass is 207 g/mol. The second kappa shape index (κ2) is 4.63. The molecule has 0 aliphatic heterocycles. The number of primary amides is 1. The largest absolute Gasteiger partial charge is 0.369 e. The number of nitrogens with zero attached hydrogens (tertiary/aromatic N) is 2. The van der Waals surface area contributed by atoms with Crippen molar-refractivity contribution in [2.75, 3.05) is 5.75 Å². The molecule has 14 heavy (non-hydrogen) atoms. The molecule has 1 heterocycles. The molecule has 0 saturated carbocycles. The average molecular weight is 207 g/mol. The molecule has 1 aromatic heterocycles. The standard InChI is InChI=1S/C9H9N3OS/c1-6-2-8(14-5-9(11)13)3-7(4-10)12-6/h2-3H,5H2,1H3,(H2,11,13). The Morgan fingerprint density at radius 3 is 3.00 bits per heavy atom.